The molecule has 1 aliphatic rings. The van der Waals surface area contributed by atoms with Crippen LogP contribution in [0.3, 0.4) is 0 Å². The second-order valence-corrected chi connectivity index (χ2v) is 6.66. The van der Waals surface area contributed by atoms with E-state index in [1.54, 1.807) is 25.2 Å². The first-order valence-electron chi connectivity index (χ1n) is 9.02. The standard InChI is InChI=1S/C20H24N4O3/c1-13-3-6-15(24-19(25)12-22-11-14-4-5-14)9-18(13)27-16-7-8-23-17(10-16)20(26)21-2/h3,6-10,14,22H,4-5,11-12H2,1-2H3,(H,21,26)(H,24,25). The molecule has 3 N–H and O–H groups in total. The van der Waals surface area contributed by atoms with Crippen LogP contribution < -0.4 is 20.7 Å². The maximum Gasteiger partial charge on any atom is 0.269 e. The van der Waals surface area contributed by atoms with Gasteiger partial charge in [0.2, 0.25) is 5.91 Å². The van der Waals surface area contributed by atoms with Gasteiger partial charge in [0.05, 0.1) is 6.54 Å². The van der Waals surface area contributed by atoms with Gasteiger partial charge in [-0.25, -0.2) is 0 Å². The maximum absolute atomic E-state index is 12.1. The molecule has 7 heteroatoms. The molecular formula is C20H24N4O3. The van der Waals surface area contributed by atoms with Gasteiger partial charge in [-0.1, -0.05) is 6.07 Å². The molecule has 3 rings (SSSR count). The Morgan fingerprint density at radius 2 is 2.04 bits per heavy atom. The number of anilines is 1. The molecule has 2 aromatic rings. The van der Waals surface area contributed by atoms with E-state index in [2.05, 4.69) is 20.9 Å². The van der Waals surface area contributed by atoms with E-state index >= 15 is 0 Å². The molecule has 142 valence electrons. The second-order valence-electron chi connectivity index (χ2n) is 6.66. The van der Waals surface area contributed by atoms with Crippen LogP contribution in [0.25, 0.3) is 0 Å². The summed E-state index contributed by atoms with van der Waals surface area (Å²) in [6.45, 7) is 3.10. The van der Waals surface area contributed by atoms with Crippen molar-refractivity contribution in [2.24, 2.45) is 5.92 Å². The predicted molar refractivity (Wildman–Crippen MR) is 103 cm³/mol. The molecule has 0 saturated heterocycles. The molecule has 0 bridgehead atoms. The average Bonchev–Trinajstić information content (AvgIpc) is 3.48. The number of nitrogens with zero attached hydrogens (tertiary/aromatic N) is 1. The van der Waals surface area contributed by atoms with E-state index in [4.69, 9.17) is 4.74 Å². The van der Waals surface area contributed by atoms with Crippen LogP contribution in [0.4, 0.5) is 5.69 Å². The molecule has 2 amide bonds. The van der Waals surface area contributed by atoms with Crippen molar-refractivity contribution in [1.82, 2.24) is 15.6 Å². The minimum atomic E-state index is -0.281. The van der Waals surface area contributed by atoms with E-state index in [0.717, 1.165) is 18.0 Å². The van der Waals surface area contributed by atoms with E-state index < -0.39 is 0 Å². The van der Waals surface area contributed by atoms with Crippen molar-refractivity contribution in [2.75, 3.05) is 25.5 Å². The molecule has 0 aliphatic heterocycles. The number of carbonyl (C=O) groups excluding carboxylic acids is 2. The monoisotopic (exact) mass is 368 g/mol. The Balaban J connectivity index is 1.64. The molecular weight excluding hydrogens is 344 g/mol. The third-order valence-corrected chi connectivity index (χ3v) is 4.31. The van der Waals surface area contributed by atoms with Crippen LogP contribution in [-0.4, -0.2) is 36.9 Å². The van der Waals surface area contributed by atoms with Crippen molar-refractivity contribution in [3.8, 4) is 11.5 Å². The lowest BCUT2D eigenvalue weighted by Gasteiger charge is -2.12. The van der Waals surface area contributed by atoms with E-state index in [9.17, 15) is 9.59 Å². The maximum atomic E-state index is 12.1. The Kier molecular flexibility index (Phi) is 6.03. The molecule has 1 saturated carbocycles. The molecule has 1 aliphatic carbocycles. The summed E-state index contributed by atoms with van der Waals surface area (Å²) in [5.74, 6) is 1.47. The first-order valence-corrected chi connectivity index (χ1v) is 9.02. The van der Waals surface area contributed by atoms with Gasteiger partial charge < -0.3 is 20.7 Å². The molecule has 1 fully saturated rings. The highest BCUT2D eigenvalue weighted by Crippen LogP contribution is 2.28. The van der Waals surface area contributed by atoms with E-state index in [1.807, 2.05) is 19.1 Å². The van der Waals surface area contributed by atoms with Crippen LogP contribution in [0.15, 0.2) is 36.5 Å². The third-order valence-electron chi connectivity index (χ3n) is 4.31. The van der Waals surface area contributed by atoms with Crippen molar-refractivity contribution >= 4 is 17.5 Å². The van der Waals surface area contributed by atoms with Crippen LogP contribution >= 0.6 is 0 Å². The summed E-state index contributed by atoms with van der Waals surface area (Å²) in [7, 11) is 1.55. The summed E-state index contributed by atoms with van der Waals surface area (Å²) in [6, 6.07) is 8.74. The molecule has 0 spiro atoms. The molecule has 1 aromatic heterocycles. The van der Waals surface area contributed by atoms with Crippen molar-refractivity contribution in [3.05, 3.63) is 47.8 Å². The Morgan fingerprint density at radius 1 is 1.22 bits per heavy atom. The van der Waals surface area contributed by atoms with Crippen LogP contribution in [0.2, 0.25) is 0 Å². The van der Waals surface area contributed by atoms with Gasteiger partial charge in [0.1, 0.15) is 17.2 Å². The Hall–Kier alpha value is -2.93. The zero-order valence-corrected chi connectivity index (χ0v) is 15.5. The summed E-state index contributed by atoms with van der Waals surface area (Å²) < 4.78 is 5.90. The number of ether oxygens (including phenoxy) is 1. The number of rotatable bonds is 8. The van der Waals surface area contributed by atoms with E-state index in [-0.39, 0.29) is 17.5 Å². The SMILES string of the molecule is CNC(=O)c1cc(Oc2cc(NC(=O)CNCC3CC3)ccc2C)ccn1. The topological polar surface area (TPSA) is 92.4 Å². The first-order chi connectivity index (χ1) is 13.0. The number of aromatic nitrogens is 1. The Bertz CT molecular complexity index is 834. The lowest BCUT2D eigenvalue weighted by Crippen LogP contribution is -2.29. The summed E-state index contributed by atoms with van der Waals surface area (Å²) >= 11 is 0. The van der Waals surface area contributed by atoms with Crippen molar-refractivity contribution in [1.29, 1.82) is 0 Å². The fourth-order valence-corrected chi connectivity index (χ4v) is 2.56. The van der Waals surface area contributed by atoms with Gasteiger partial charge in [-0.3, -0.25) is 14.6 Å². The highest BCUT2D eigenvalue weighted by Gasteiger charge is 2.20. The minimum absolute atomic E-state index is 0.0868. The molecule has 0 unspecified atom stereocenters. The van der Waals surface area contributed by atoms with Gasteiger partial charge in [0.25, 0.3) is 5.91 Å². The largest absolute Gasteiger partial charge is 0.457 e. The highest BCUT2D eigenvalue weighted by molar-refractivity contribution is 5.93. The summed E-state index contributed by atoms with van der Waals surface area (Å²) in [5, 5.41) is 8.57. The number of hydrogen-bond acceptors (Lipinski definition) is 5. The zero-order chi connectivity index (χ0) is 19.2. The van der Waals surface area contributed by atoms with Crippen LogP contribution in [0.5, 0.6) is 11.5 Å². The van der Waals surface area contributed by atoms with Crippen LogP contribution in [0.1, 0.15) is 28.9 Å². The molecule has 0 radical (unpaired) electrons. The molecule has 1 aromatic carbocycles. The van der Waals surface area contributed by atoms with Gasteiger partial charge in [0, 0.05) is 31.1 Å². The Morgan fingerprint density at radius 3 is 2.78 bits per heavy atom. The number of carbonyl (C=O) groups is 2. The molecule has 1 heterocycles. The molecule has 7 nitrogen and oxygen atoms in total. The normalized spacial score (nSPS) is 13.1. The third kappa shape index (κ3) is 5.52. The first kappa shape index (κ1) is 18.8. The van der Waals surface area contributed by atoms with Gasteiger partial charge in [0.15, 0.2) is 0 Å². The summed E-state index contributed by atoms with van der Waals surface area (Å²) in [4.78, 5) is 27.8. The van der Waals surface area contributed by atoms with Crippen molar-refractivity contribution < 1.29 is 14.3 Å². The number of nitrogens with one attached hydrogen (secondary N) is 3. The number of aryl methyl sites for hydroxylation is 1. The molecule has 0 atom stereocenters. The van der Waals surface area contributed by atoms with Gasteiger partial charge in [-0.2, -0.15) is 0 Å². The Labute approximate surface area is 158 Å². The van der Waals surface area contributed by atoms with Crippen molar-refractivity contribution in [2.45, 2.75) is 19.8 Å². The minimum Gasteiger partial charge on any atom is -0.457 e. The number of amides is 2. The quantitative estimate of drug-likeness (QED) is 0.666. The number of benzene rings is 1. The van der Waals surface area contributed by atoms with E-state index in [0.29, 0.717) is 23.7 Å². The number of pyridine rings is 1. The van der Waals surface area contributed by atoms with Gasteiger partial charge in [-0.05, 0) is 49.9 Å². The average molecular weight is 368 g/mol. The van der Waals surface area contributed by atoms with Gasteiger partial charge in [-0.15, -0.1) is 0 Å². The molecule has 27 heavy (non-hydrogen) atoms. The summed E-state index contributed by atoms with van der Waals surface area (Å²) in [6.07, 6.45) is 4.03. The van der Waals surface area contributed by atoms with E-state index in [1.165, 1.54) is 19.0 Å². The smallest absolute Gasteiger partial charge is 0.269 e. The number of hydrogen-bond donors (Lipinski definition) is 3. The second kappa shape index (κ2) is 8.64. The highest BCUT2D eigenvalue weighted by atomic mass is 16.5. The fraction of sp³-hybridized carbons (Fsp3) is 0.350. The van der Waals surface area contributed by atoms with Gasteiger partial charge >= 0.3 is 0 Å². The zero-order valence-electron chi connectivity index (χ0n) is 15.5. The predicted octanol–water partition coefficient (Wildman–Crippen LogP) is 2.48. The lowest BCUT2D eigenvalue weighted by molar-refractivity contribution is -0.115. The fourth-order valence-electron chi connectivity index (χ4n) is 2.56. The summed E-state index contributed by atoms with van der Waals surface area (Å²) in [5.41, 5.74) is 1.85. The van der Waals surface area contributed by atoms with Crippen LogP contribution in [-0.2, 0) is 4.79 Å². The van der Waals surface area contributed by atoms with Crippen molar-refractivity contribution in [3.63, 3.8) is 0 Å². The lowest BCUT2D eigenvalue weighted by atomic mass is 10.2. The van der Waals surface area contributed by atoms with Crippen LogP contribution in [0, 0.1) is 12.8 Å².